The van der Waals surface area contributed by atoms with Gasteiger partial charge in [-0.25, -0.2) is 0 Å². The summed E-state index contributed by atoms with van der Waals surface area (Å²) in [6.07, 6.45) is -51.4. The summed E-state index contributed by atoms with van der Waals surface area (Å²) in [5.74, 6) is 0.00706. The van der Waals surface area contributed by atoms with E-state index in [1.807, 2.05) is 18.2 Å². The van der Waals surface area contributed by atoms with Gasteiger partial charge >= 0.3 is 49.4 Å². The minimum atomic E-state index is -6.13. The van der Waals surface area contributed by atoms with Gasteiger partial charge in [-0.1, -0.05) is 78.9 Å². The molecule has 0 spiro atoms. The van der Waals surface area contributed by atoms with Crippen LogP contribution in [0.3, 0.4) is 0 Å². The van der Waals surface area contributed by atoms with Crippen LogP contribution in [0.2, 0.25) is 0 Å². The number of carbonyl (C=O) groups excluding carboxylic acids is 1. The number of pyridine rings is 1. The number of aromatic nitrogens is 1. The molecular formula is C46H25BF24N2O3. The van der Waals surface area contributed by atoms with Gasteiger partial charge in [0.1, 0.15) is 6.15 Å². The van der Waals surface area contributed by atoms with Crippen molar-refractivity contribution >= 4 is 33.8 Å². The Balaban J connectivity index is 0.000000468. The molecular weight excluding hydrogens is 1100 g/mol. The number of carbonyl (C=O) groups is 1. The molecule has 408 valence electrons. The van der Waals surface area contributed by atoms with Crippen LogP contribution in [0.25, 0.3) is 0 Å². The molecule has 1 aromatic heterocycles. The van der Waals surface area contributed by atoms with Crippen LogP contribution in [0, 0.1) is 10.1 Å². The van der Waals surface area contributed by atoms with Gasteiger partial charge in [0.25, 0.3) is 0 Å². The average molecular weight is 1120 g/mol. The standard InChI is InChI=1S/C32H12BF24.C14H13N2O3/c34-25(35,36)13-1-14(26(37,38)39)6-21(5-13)33(22-7-15(27(40,41)42)2-16(8-22)28(43,44)45,23-9-17(29(46,47)48)3-18(10-23)30(49,50)51)24-11-19(31(52,53)54)4-20(12-24)32(55,56)57;17-14(13-4-2-1-3-5-13)11-15-8-6-12(7-9-15)10-16(18)19/h1-12H;1-9H,10-11H2/q-1;+1. The highest BCUT2D eigenvalue weighted by molar-refractivity contribution is 7.20. The fourth-order valence-electron chi connectivity index (χ4n) is 7.80. The molecule has 0 aliphatic rings. The number of halogens is 24. The highest BCUT2D eigenvalue weighted by Crippen LogP contribution is 2.41. The lowest BCUT2D eigenvalue weighted by atomic mass is 9.12. The number of rotatable bonds is 9. The number of ketones is 1. The fraction of sp³-hybridized carbons (Fsp3) is 0.217. The molecule has 1 heterocycles. The first-order valence-electron chi connectivity index (χ1n) is 20.4. The van der Waals surface area contributed by atoms with Gasteiger partial charge in [-0.05, 0) is 24.3 Å². The average Bonchev–Trinajstić information content (AvgIpc) is 3.27. The van der Waals surface area contributed by atoms with Crippen molar-refractivity contribution in [1.29, 1.82) is 0 Å². The van der Waals surface area contributed by atoms with E-state index in [0.717, 1.165) is 0 Å². The molecule has 0 N–H and O–H groups in total. The van der Waals surface area contributed by atoms with E-state index in [1.54, 1.807) is 41.2 Å². The highest BCUT2D eigenvalue weighted by atomic mass is 19.4. The summed E-state index contributed by atoms with van der Waals surface area (Å²) < 4.78 is 343. The number of nitrogens with zero attached hydrogens (tertiary/aromatic N) is 2. The van der Waals surface area contributed by atoms with Crippen molar-refractivity contribution in [1.82, 2.24) is 0 Å². The number of Topliss-reactive ketones (excluding diaryl/α,β-unsaturated/α-hetero) is 1. The van der Waals surface area contributed by atoms with E-state index < -0.39 is 195 Å². The van der Waals surface area contributed by atoms with E-state index >= 15 is 0 Å². The summed E-state index contributed by atoms with van der Waals surface area (Å²) in [6, 6.07) is 3.53. The first kappa shape index (κ1) is 59.6. The van der Waals surface area contributed by atoms with Gasteiger partial charge < -0.3 is 0 Å². The predicted octanol–water partition coefficient (Wildman–Crippen LogP) is 12.8. The minimum Gasteiger partial charge on any atom is -0.287 e. The normalized spacial score (nSPS) is 13.3. The van der Waals surface area contributed by atoms with E-state index in [1.165, 1.54) is 0 Å². The second-order valence-electron chi connectivity index (χ2n) is 16.4. The van der Waals surface area contributed by atoms with Crippen LogP contribution in [0.15, 0.2) is 128 Å². The molecule has 0 amide bonds. The van der Waals surface area contributed by atoms with Crippen molar-refractivity contribution in [3.63, 3.8) is 0 Å². The third-order valence-corrected chi connectivity index (χ3v) is 11.1. The lowest BCUT2D eigenvalue weighted by Gasteiger charge is -2.46. The first-order chi connectivity index (χ1) is 34.4. The molecule has 0 saturated carbocycles. The Bertz CT molecular complexity index is 2640. The van der Waals surface area contributed by atoms with Crippen molar-refractivity contribution in [2.45, 2.75) is 62.5 Å². The lowest BCUT2D eigenvalue weighted by molar-refractivity contribution is -0.683. The highest BCUT2D eigenvalue weighted by Gasteiger charge is 2.47. The van der Waals surface area contributed by atoms with Crippen LogP contribution in [-0.4, -0.2) is 16.9 Å². The van der Waals surface area contributed by atoms with Crippen molar-refractivity contribution in [2.24, 2.45) is 0 Å². The third-order valence-electron chi connectivity index (χ3n) is 11.1. The molecule has 0 aliphatic carbocycles. The Kier molecular flexibility index (Phi) is 16.2. The number of hydrogen-bond donors (Lipinski definition) is 0. The van der Waals surface area contributed by atoms with E-state index in [0.29, 0.717) is 11.1 Å². The summed E-state index contributed by atoms with van der Waals surface area (Å²) in [7, 11) is 0. The van der Waals surface area contributed by atoms with E-state index in [2.05, 4.69) is 0 Å². The summed E-state index contributed by atoms with van der Waals surface area (Å²) >= 11 is 0. The Morgan fingerprint density at radius 1 is 0.395 bits per heavy atom. The molecule has 0 bridgehead atoms. The monoisotopic (exact) mass is 1120 g/mol. The third kappa shape index (κ3) is 14.1. The Morgan fingerprint density at radius 2 is 0.632 bits per heavy atom. The van der Waals surface area contributed by atoms with Crippen molar-refractivity contribution < 1.29 is 120 Å². The quantitative estimate of drug-likeness (QED) is 0.0362. The SMILES string of the molecule is FC(F)(F)c1cc([B-](c2cc(C(F)(F)F)cc(C(F)(F)F)c2)(c2cc(C(F)(F)F)cc(C(F)(F)F)c2)c2cc(C(F)(F)F)cc(C(F)(F)F)c2)cc(C(F)(F)F)c1.O=C(C[n+]1ccc(C[N+](=O)[O-])cc1)c1ccccc1. The lowest BCUT2D eigenvalue weighted by Crippen LogP contribution is -2.75. The summed E-state index contributed by atoms with van der Waals surface area (Å²) in [4.78, 5) is 21.9. The van der Waals surface area contributed by atoms with Crippen LogP contribution >= 0.6 is 0 Å². The van der Waals surface area contributed by atoms with Crippen molar-refractivity contribution in [3.8, 4) is 0 Å². The van der Waals surface area contributed by atoms with Gasteiger partial charge in [-0.15, -0.1) is 0 Å². The number of nitro groups is 1. The minimum absolute atomic E-state index is 0.00706. The van der Waals surface area contributed by atoms with Crippen LogP contribution < -0.4 is 26.4 Å². The van der Waals surface area contributed by atoms with Crippen LogP contribution in [0.4, 0.5) is 105 Å². The van der Waals surface area contributed by atoms with E-state index in [9.17, 15) is 120 Å². The molecule has 0 fully saturated rings. The fourth-order valence-corrected chi connectivity index (χ4v) is 7.80. The van der Waals surface area contributed by atoms with Gasteiger partial charge in [0.2, 0.25) is 18.9 Å². The van der Waals surface area contributed by atoms with Gasteiger partial charge in [0.05, 0.1) is 44.5 Å². The zero-order chi connectivity index (χ0) is 57.6. The summed E-state index contributed by atoms with van der Waals surface area (Å²) in [6.45, 7) is 0.0240. The second kappa shape index (κ2) is 20.7. The zero-order valence-corrected chi connectivity index (χ0v) is 36.8. The smallest absolute Gasteiger partial charge is 0.287 e. The molecule has 0 atom stereocenters. The maximum absolute atomic E-state index is 14.2. The maximum Gasteiger partial charge on any atom is 0.416 e. The van der Waals surface area contributed by atoms with Crippen LogP contribution in [0.5, 0.6) is 0 Å². The Labute approximate surface area is 409 Å². The molecule has 0 aliphatic heterocycles. The number of benzene rings is 5. The Hall–Kier alpha value is -7.30. The number of hydrogen-bond acceptors (Lipinski definition) is 3. The van der Waals surface area contributed by atoms with E-state index in [-0.39, 0.29) is 23.8 Å². The van der Waals surface area contributed by atoms with Gasteiger partial charge in [0.15, 0.2) is 12.4 Å². The first-order valence-corrected chi connectivity index (χ1v) is 20.4. The van der Waals surface area contributed by atoms with Gasteiger partial charge in [-0.2, -0.15) is 132 Å². The maximum atomic E-state index is 14.2. The second-order valence-corrected chi connectivity index (χ2v) is 16.4. The molecule has 5 aromatic carbocycles. The Morgan fingerprint density at radius 3 is 0.842 bits per heavy atom. The molecule has 0 saturated heterocycles. The van der Waals surface area contributed by atoms with Gasteiger partial charge in [-0.3, -0.25) is 14.9 Å². The van der Waals surface area contributed by atoms with Crippen molar-refractivity contribution in [2.75, 3.05) is 0 Å². The van der Waals surface area contributed by atoms with Gasteiger partial charge in [0, 0.05) is 28.2 Å². The molecule has 5 nitrogen and oxygen atoms in total. The summed E-state index contributed by atoms with van der Waals surface area (Å²) in [5, 5.41) is 10.4. The largest absolute Gasteiger partial charge is 0.416 e. The number of alkyl halides is 24. The molecule has 30 heteroatoms. The molecule has 6 rings (SSSR count). The van der Waals surface area contributed by atoms with Crippen LogP contribution in [0.1, 0.15) is 60.4 Å². The summed E-state index contributed by atoms with van der Waals surface area (Å²) in [5.41, 5.74) is -28.9. The van der Waals surface area contributed by atoms with Crippen molar-refractivity contribution in [3.05, 3.63) is 193 Å². The molecule has 76 heavy (non-hydrogen) atoms. The zero-order valence-electron chi connectivity index (χ0n) is 36.8. The van der Waals surface area contributed by atoms with Crippen LogP contribution in [-0.2, 0) is 62.5 Å². The molecule has 0 unspecified atom stereocenters. The topological polar surface area (TPSA) is 64.1 Å². The molecule has 6 aromatic rings. The van der Waals surface area contributed by atoms with E-state index in [4.69, 9.17) is 0 Å². The molecule has 0 radical (unpaired) electrons. The predicted molar refractivity (Wildman–Crippen MR) is 218 cm³/mol.